The summed E-state index contributed by atoms with van der Waals surface area (Å²) < 4.78 is 0. The molecule has 0 saturated heterocycles. The smallest absolute Gasteiger partial charge is 0.251 e. The first kappa shape index (κ1) is 24.5. The van der Waals surface area contributed by atoms with Crippen molar-refractivity contribution in [3.63, 3.8) is 0 Å². The molecule has 0 radical (unpaired) electrons. The predicted molar refractivity (Wildman–Crippen MR) is 143 cm³/mol. The van der Waals surface area contributed by atoms with Crippen LogP contribution in [0, 0.1) is 0 Å². The van der Waals surface area contributed by atoms with Crippen molar-refractivity contribution in [1.82, 2.24) is 10.3 Å². The average molecular weight is 484 g/mol. The number of anilines is 1. The maximum Gasteiger partial charge on any atom is 0.251 e. The maximum absolute atomic E-state index is 12.8. The van der Waals surface area contributed by atoms with E-state index < -0.39 is 6.04 Å². The molecule has 0 aliphatic carbocycles. The quantitative estimate of drug-likeness (QED) is 0.122. The Bertz CT molecular complexity index is 1410. The van der Waals surface area contributed by atoms with Crippen LogP contribution in [0.3, 0.4) is 0 Å². The molecule has 0 aliphatic rings. The van der Waals surface area contributed by atoms with E-state index in [2.05, 4.69) is 20.6 Å². The molecular weight excluding hydrogens is 454 g/mol. The second kappa shape index (κ2) is 11.2. The first-order valence-electron chi connectivity index (χ1n) is 11.6. The second-order valence-corrected chi connectivity index (χ2v) is 8.38. The molecule has 0 aliphatic heterocycles. The van der Waals surface area contributed by atoms with Crippen LogP contribution in [-0.2, 0) is 11.2 Å². The van der Waals surface area contributed by atoms with E-state index in [-0.39, 0.29) is 17.8 Å². The number of H-pyrrole nitrogens is 1. The van der Waals surface area contributed by atoms with Gasteiger partial charge in [0.25, 0.3) is 5.91 Å². The summed E-state index contributed by atoms with van der Waals surface area (Å²) in [4.78, 5) is 32.3. The van der Waals surface area contributed by atoms with Crippen molar-refractivity contribution in [2.45, 2.75) is 12.5 Å². The van der Waals surface area contributed by atoms with Gasteiger partial charge in [-0.15, -0.1) is 0 Å². The fourth-order valence-corrected chi connectivity index (χ4v) is 3.94. The number of aromatic nitrogens is 1. The van der Waals surface area contributed by atoms with Crippen LogP contribution >= 0.6 is 0 Å². The van der Waals surface area contributed by atoms with Crippen molar-refractivity contribution in [2.24, 2.45) is 22.2 Å². The number of nitrogens with two attached hydrogens (primary N) is 3. The molecule has 36 heavy (non-hydrogen) atoms. The zero-order chi connectivity index (χ0) is 25.5. The minimum absolute atomic E-state index is 0.0165. The molecule has 0 spiro atoms. The minimum atomic E-state index is -0.709. The van der Waals surface area contributed by atoms with Crippen molar-refractivity contribution in [2.75, 3.05) is 18.4 Å². The van der Waals surface area contributed by atoms with Crippen molar-refractivity contribution in [1.29, 1.82) is 0 Å². The first-order chi connectivity index (χ1) is 17.4. The Morgan fingerprint density at radius 1 is 0.944 bits per heavy atom. The van der Waals surface area contributed by atoms with Gasteiger partial charge < -0.3 is 32.8 Å². The third-order valence-corrected chi connectivity index (χ3v) is 5.73. The van der Waals surface area contributed by atoms with Gasteiger partial charge in [-0.25, -0.2) is 0 Å². The van der Waals surface area contributed by atoms with E-state index >= 15 is 0 Å². The number of aliphatic imine (C=N–C) groups is 1. The summed E-state index contributed by atoms with van der Waals surface area (Å²) in [6, 6.07) is 21.9. The van der Waals surface area contributed by atoms with Gasteiger partial charge in [0.1, 0.15) is 0 Å². The van der Waals surface area contributed by atoms with Crippen molar-refractivity contribution < 1.29 is 9.59 Å². The summed E-state index contributed by atoms with van der Waals surface area (Å²) >= 11 is 0. The summed E-state index contributed by atoms with van der Waals surface area (Å²) in [6.45, 7) is 0.624. The number of amides is 2. The van der Waals surface area contributed by atoms with Gasteiger partial charge in [-0.2, -0.15) is 0 Å². The number of benzene rings is 3. The zero-order valence-corrected chi connectivity index (χ0v) is 19.7. The molecule has 9 heteroatoms. The van der Waals surface area contributed by atoms with Crippen LogP contribution in [0.5, 0.6) is 0 Å². The number of fused-ring (bicyclic) bond motifs is 1. The lowest BCUT2D eigenvalue weighted by Gasteiger charge is -2.13. The third-order valence-electron chi connectivity index (χ3n) is 5.73. The molecule has 4 rings (SSSR count). The molecule has 3 aromatic carbocycles. The van der Waals surface area contributed by atoms with Crippen LogP contribution < -0.4 is 27.8 Å². The van der Waals surface area contributed by atoms with Gasteiger partial charge in [0.05, 0.1) is 12.6 Å². The van der Waals surface area contributed by atoms with E-state index in [1.54, 1.807) is 18.2 Å². The van der Waals surface area contributed by atoms with Gasteiger partial charge in [0.2, 0.25) is 5.91 Å². The SMILES string of the molecule is NC(N)=NCCNC(=O)c1cccc(-c2cccc(NC(=O)[C@@H](N)Cc3c[nH]c4ccccc34)c2)c1. The molecule has 0 saturated carbocycles. The number of guanidine groups is 1. The fourth-order valence-electron chi connectivity index (χ4n) is 3.94. The summed E-state index contributed by atoms with van der Waals surface area (Å²) in [6.07, 6.45) is 2.30. The van der Waals surface area contributed by atoms with E-state index in [9.17, 15) is 9.59 Å². The van der Waals surface area contributed by atoms with E-state index in [1.807, 2.05) is 60.8 Å². The van der Waals surface area contributed by atoms with Gasteiger partial charge in [0, 0.05) is 34.9 Å². The second-order valence-electron chi connectivity index (χ2n) is 8.38. The number of hydrogen-bond acceptors (Lipinski definition) is 4. The normalized spacial score (nSPS) is 11.6. The summed E-state index contributed by atoms with van der Waals surface area (Å²) in [5.41, 5.74) is 21.6. The number of aromatic amines is 1. The number of rotatable bonds is 9. The van der Waals surface area contributed by atoms with Crippen molar-refractivity contribution in [3.05, 3.63) is 90.1 Å². The molecule has 0 bridgehead atoms. The van der Waals surface area contributed by atoms with Crippen LogP contribution in [0.4, 0.5) is 5.69 Å². The summed E-state index contributed by atoms with van der Waals surface area (Å²) in [5, 5.41) is 6.75. The van der Waals surface area contributed by atoms with Crippen molar-refractivity contribution >= 4 is 34.4 Å². The first-order valence-corrected chi connectivity index (χ1v) is 11.6. The lowest BCUT2D eigenvalue weighted by molar-refractivity contribution is -0.117. The van der Waals surface area contributed by atoms with E-state index in [0.717, 1.165) is 27.6 Å². The standard InChI is InChI=1S/C27H29N7O2/c28-23(15-20-16-33-24-10-2-1-9-22(20)24)26(36)34-21-8-4-6-18(14-21)17-5-3-7-19(13-17)25(35)31-11-12-32-27(29)30/h1-10,13-14,16,23,33H,11-12,15,28H2,(H,31,35)(H,34,36)(H4,29,30,32)/t23-/m0/s1. The molecule has 0 unspecified atom stereocenters. The Balaban J connectivity index is 1.41. The van der Waals surface area contributed by atoms with Gasteiger partial charge in [-0.05, 0) is 53.4 Å². The average Bonchev–Trinajstić information content (AvgIpc) is 3.29. The molecule has 1 heterocycles. The van der Waals surface area contributed by atoms with Gasteiger partial charge >= 0.3 is 0 Å². The van der Waals surface area contributed by atoms with Crippen LogP contribution in [0.1, 0.15) is 15.9 Å². The topological polar surface area (TPSA) is 164 Å². The molecule has 0 fully saturated rings. The Labute approximate surface area is 208 Å². The molecule has 1 atom stereocenters. The Kier molecular flexibility index (Phi) is 7.62. The van der Waals surface area contributed by atoms with E-state index in [1.165, 1.54) is 0 Å². The third kappa shape index (κ3) is 6.08. The highest BCUT2D eigenvalue weighted by atomic mass is 16.2. The molecule has 1 aromatic heterocycles. The molecule has 2 amide bonds. The van der Waals surface area contributed by atoms with E-state index in [0.29, 0.717) is 30.8 Å². The molecule has 184 valence electrons. The van der Waals surface area contributed by atoms with Gasteiger partial charge in [0.15, 0.2) is 5.96 Å². The zero-order valence-electron chi connectivity index (χ0n) is 19.7. The highest BCUT2D eigenvalue weighted by Crippen LogP contribution is 2.24. The highest BCUT2D eigenvalue weighted by Gasteiger charge is 2.17. The molecular formula is C27H29N7O2. The fraction of sp³-hybridized carbons (Fsp3) is 0.148. The number of carbonyl (C=O) groups excluding carboxylic acids is 2. The number of nitrogens with zero attached hydrogens (tertiary/aromatic N) is 1. The minimum Gasteiger partial charge on any atom is -0.370 e. The van der Waals surface area contributed by atoms with Crippen LogP contribution in [0.15, 0.2) is 84.0 Å². The maximum atomic E-state index is 12.8. The van der Waals surface area contributed by atoms with Crippen molar-refractivity contribution in [3.8, 4) is 11.1 Å². The lowest BCUT2D eigenvalue weighted by Crippen LogP contribution is -2.37. The Morgan fingerprint density at radius 3 is 2.50 bits per heavy atom. The summed E-state index contributed by atoms with van der Waals surface area (Å²) in [7, 11) is 0. The largest absolute Gasteiger partial charge is 0.370 e. The Morgan fingerprint density at radius 2 is 1.69 bits per heavy atom. The highest BCUT2D eigenvalue weighted by molar-refractivity contribution is 5.97. The number of carbonyl (C=O) groups is 2. The van der Waals surface area contributed by atoms with Gasteiger partial charge in [-0.3, -0.25) is 14.6 Å². The molecule has 9 nitrogen and oxygen atoms in total. The number of para-hydroxylation sites is 1. The number of nitrogens with one attached hydrogen (secondary N) is 3. The number of hydrogen-bond donors (Lipinski definition) is 6. The summed E-state index contributed by atoms with van der Waals surface area (Å²) in [5.74, 6) is -0.515. The van der Waals surface area contributed by atoms with E-state index in [4.69, 9.17) is 17.2 Å². The van der Waals surface area contributed by atoms with Crippen LogP contribution in [-0.4, -0.2) is 41.9 Å². The van der Waals surface area contributed by atoms with Crippen LogP contribution in [0.25, 0.3) is 22.0 Å². The van der Waals surface area contributed by atoms with Gasteiger partial charge in [-0.1, -0.05) is 42.5 Å². The molecule has 4 aromatic rings. The van der Waals surface area contributed by atoms with Crippen LogP contribution in [0.2, 0.25) is 0 Å². The predicted octanol–water partition coefficient (Wildman–Crippen LogP) is 2.35. The Hall–Kier alpha value is -4.63. The molecule has 9 N–H and O–H groups in total. The lowest BCUT2D eigenvalue weighted by atomic mass is 10.0. The monoisotopic (exact) mass is 483 g/mol.